The van der Waals surface area contributed by atoms with Gasteiger partial charge in [-0.15, -0.1) is 0 Å². The lowest BCUT2D eigenvalue weighted by Gasteiger charge is -2.41. The first-order valence-electron chi connectivity index (χ1n) is 10.4. The molecule has 180 valence electrons. The third kappa shape index (κ3) is 6.04. The zero-order chi connectivity index (χ0) is 24.4. The Morgan fingerprint density at radius 1 is 0.970 bits per heavy atom. The number of amides is 1. The van der Waals surface area contributed by atoms with Crippen molar-refractivity contribution in [2.75, 3.05) is 7.05 Å². The lowest BCUT2D eigenvalue weighted by Crippen LogP contribution is -2.57. The monoisotopic (exact) mass is 476 g/mol. The van der Waals surface area contributed by atoms with Crippen molar-refractivity contribution in [3.63, 3.8) is 0 Å². The maximum atomic E-state index is 14.6. The SMILES string of the molecule is CNC1CCC(Cc2cc(-c3ccc(C(F)(F)F)cc3)ccc2F)(NC(=O)C(F)(F)F)CC1. The second-order valence-corrected chi connectivity index (χ2v) is 8.35. The van der Waals surface area contributed by atoms with Crippen LogP contribution >= 0.6 is 0 Å². The maximum Gasteiger partial charge on any atom is 0.471 e. The van der Waals surface area contributed by atoms with E-state index in [9.17, 15) is 35.5 Å². The van der Waals surface area contributed by atoms with Gasteiger partial charge in [-0.3, -0.25) is 4.79 Å². The lowest BCUT2D eigenvalue weighted by atomic mass is 9.75. The summed E-state index contributed by atoms with van der Waals surface area (Å²) in [7, 11) is 1.74. The van der Waals surface area contributed by atoms with Crippen LogP contribution in [-0.4, -0.2) is 30.7 Å². The Morgan fingerprint density at radius 2 is 1.55 bits per heavy atom. The highest BCUT2D eigenvalue weighted by Gasteiger charge is 2.45. The number of alkyl halides is 6. The molecule has 0 spiro atoms. The van der Waals surface area contributed by atoms with Crippen molar-refractivity contribution in [1.29, 1.82) is 0 Å². The number of rotatable bonds is 5. The quantitative estimate of drug-likeness (QED) is 0.549. The molecule has 0 bridgehead atoms. The number of halogens is 7. The average molecular weight is 476 g/mol. The van der Waals surface area contributed by atoms with Gasteiger partial charge in [-0.1, -0.05) is 18.2 Å². The van der Waals surface area contributed by atoms with Crippen LogP contribution < -0.4 is 10.6 Å². The van der Waals surface area contributed by atoms with E-state index >= 15 is 0 Å². The number of hydrogen-bond acceptors (Lipinski definition) is 2. The van der Waals surface area contributed by atoms with E-state index in [0.717, 1.165) is 18.2 Å². The van der Waals surface area contributed by atoms with Crippen LogP contribution in [0.3, 0.4) is 0 Å². The topological polar surface area (TPSA) is 41.1 Å². The molecule has 1 saturated carbocycles. The number of carbonyl (C=O) groups excluding carboxylic acids is 1. The van der Waals surface area contributed by atoms with Gasteiger partial charge in [-0.25, -0.2) is 4.39 Å². The molecule has 0 aliphatic heterocycles. The molecule has 2 aromatic rings. The summed E-state index contributed by atoms with van der Waals surface area (Å²) in [4.78, 5) is 11.7. The molecule has 3 nitrogen and oxygen atoms in total. The standard InChI is InChI=1S/C23H23F7N2O/c1-31-18-8-10-21(11-9-18,32-20(33)23(28,29)30)13-16-12-15(4-7-19(16)24)14-2-5-17(6-3-14)22(25,26)27/h2-7,12,18,31H,8-11,13H2,1H3,(H,32,33). The van der Waals surface area contributed by atoms with E-state index in [2.05, 4.69) is 10.6 Å². The Balaban J connectivity index is 1.90. The molecular weight excluding hydrogens is 453 g/mol. The highest BCUT2D eigenvalue weighted by atomic mass is 19.4. The van der Waals surface area contributed by atoms with Crippen molar-refractivity contribution < 1.29 is 35.5 Å². The number of hydrogen-bond donors (Lipinski definition) is 2. The van der Waals surface area contributed by atoms with Crippen LogP contribution in [0, 0.1) is 5.82 Å². The van der Waals surface area contributed by atoms with Crippen molar-refractivity contribution in [2.24, 2.45) is 0 Å². The molecule has 0 atom stereocenters. The summed E-state index contributed by atoms with van der Waals surface area (Å²) in [6, 6.07) is 8.30. The van der Waals surface area contributed by atoms with Crippen LogP contribution in [0.2, 0.25) is 0 Å². The predicted octanol–water partition coefficient (Wildman–Crippen LogP) is 5.63. The largest absolute Gasteiger partial charge is 0.471 e. The minimum atomic E-state index is -5.08. The molecule has 2 N–H and O–H groups in total. The zero-order valence-corrected chi connectivity index (χ0v) is 17.7. The van der Waals surface area contributed by atoms with Crippen molar-refractivity contribution in [2.45, 2.75) is 56.0 Å². The molecule has 3 rings (SSSR count). The van der Waals surface area contributed by atoms with E-state index < -0.39 is 35.2 Å². The summed E-state index contributed by atoms with van der Waals surface area (Å²) in [5, 5.41) is 5.15. The molecule has 2 aromatic carbocycles. The van der Waals surface area contributed by atoms with Crippen LogP contribution in [0.4, 0.5) is 30.7 Å². The summed E-state index contributed by atoms with van der Waals surface area (Å²) >= 11 is 0. The van der Waals surface area contributed by atoms with E-state index in [0.29, 0.717) is 24.0 Å². The molecule has 0 aromatic heterocycles. The lowest BCUT2D eigenvalue weighted by molar-refractivity contribution is -0.176. The number of carbonyl (C=O) groups is 1. The smallest absolute Gasteiger partial charge is 0.343 e. The maximum absolute atomic E-state index is 14.6. The van der Waals surface area contributed by atoms with Gasteiger partial charge >= 0.3 is 18.3 Å². The summed E-state index contributed by atoms with van der Waals surface area (Å²) < 4.78 is 92.0. The highest BCUT2D eigenvalue weighted by Crippen LogP contribution is 2.35. The summed E-state index contributed by atoms with van der Waals surface area (Å²) in [5.41, 5.74) is -1.22. The van der Waals surface area contributed by atoms with E-state index in [-0.39, 0.29) is 30.9 Å². The van der Waals surface area contributed by atoms with E-state index in [1.54, 1.807) is 7.05 Å². The first-order chi connectivity index (χ1) is 15.3. The molecule has 33 heavy (non-hydrogen) atoms. The first kappa shape index (κ1) is 25.0. The average Bonchev–Trinajstić information content (AvgIpc) is 2.75. The van der Waals surface area contributed by atoms with Crippen molar-refractivity contribution in [3.05, 3.63) is 59.4 Å². The second kappa shape index (κ2) is 9.32. The fourth-order valence-electron chi connectivity index (χ4n) is 4.22. The van der Waals surface area contributed by atoms with Gasteiger partial charge in [0.1, 0.15) is 5.82 Å². The van der Waals surface area contributed by atoms with E-state index in [1.165, 1.54) is 24.3 Å². The molecule has 1 amide bonds. The van der Waals surface area contributed by atoms with Crippen LogP contribution in [-0.2, 0) is 17.4 Å². The first-order valence-corrected chi connectivity index (χ1v) is 10.4. The molecule has 0 saturated heterocycles. The second-order valence-electron chi connectivity index (χ2n) is 8.35. The van der Waals surface area contributed by atoms with Crippen LogP contribution in [0.15, 0.2) is 42.5 Å². The van der Waals surface area contributed by atoms with E-state index in [4.69, 9.17) is 0 Å². The minimum Gasteiger partial charge on any atom is -0.343 e. The van der Waals surface area contributed by atoms with Crippen LogP contribution in [0.1, 0.15) is 36.8 Å². The zero-order valence-electron chi connectivity index (χ0n) is 17.7. The Bertz CT molecular complexity index is 976. The van der Waals surface area contributed by atoms with Gasteiger partial charge in [0.25, 0.3) is 0 Å². The molecule has 10 heteroatoms. The predicted molar refractivity (Wildman–Crippen MR) is 109 cm³/mol. The molecule has 0 radical (unpaired) electrons. The Hall–Kier alpha value is -2.62. The Morgan fingerprint density at radius 3 is 2.06 bits per heavy atom. The molecule has 0 unspecified atom stereocenters. The van der Waals surface area contributed by atoms with Crippen LogP contribution in [0.25, 0.3) is 11.1 Å². The van der Waals surface area contributed by atoms with Crippen LogP contribution in [0.5, 0.6) is 0 Å². The number of benzene rings is 2. The highest BCUT2D eigenvalue weighted by molar-refractivity contribution is 5.82. The fraction of sp³-hybridized carbons (Fsp3) is 0.435. The number of nitrogens with one attached hydrogen (secondary N) is 2. The summed E-state index contributed by atoms with van der Waals surface area (Å²) in [5.74, 6) is -2.74. The molecule has 1 aliphatic rings. The van der Waals surface area contributed by atoms with Crippen molar-refractivity contribution in [3.8, 4) is 11.1 Å². The Labute approximate surface area is 186 Å². The van der Waals surface area contributed by atoms with Gasteiger partial charge in [0.15, 0.2) is 0 Å². The summed E-state index contributed by atoms with van der Waals surface area (Å²) in [6.45, 7) is 0. The molecule has 0 heterocycles. The fourth-order valence-corrected chi connectivity index (χ4v) is 4.22. The minimum absolute atomic E-state index is 0.0734. The molecule has 1 fully saturated rings. The third-order valence-corrected chi connectivity index (χ3v) is 6.11. The third-order valence-electron chi connectivity index (χ3n) is 6.11. The Kier molecular flexibility index (Phi) is 7.07. The van der Waals surface area contributed by atoms with Gasteiger partial charge in [-0.05, 0) is 80.1 Å². The van der Waals surface area contributed by atoms with Gasteiger partial charge in [0.2, 0.25) is 0 Å². The van der Waals surface area contributed by atoms with Crippen molar-refractivity contribution >= 4 is 5.91 Å². The van der Waals surface area contributed by atoms with Crippen molar-refractivity contribution in [1.82, 2.24) is 10.6 Å². The van der Waals surface area contributed by atoms with Gasteiger partial charge in [0, 0.05) is 11.6 Å². The van der Waals surface area contributed by atoms with Gasteiger partial charge < -0.3 is 10.6 Å². The summed E-state index contributed by atoms with van der Waals surface area (Å²) in [6.07, 6.45) is -8.33. The molecular formula is C23H23F7N2O. The molecule has 1 aliphatic carbocycles. The normalized spacial score (nSPS) is 21.6. The van der Waals surface area contributed by atoms with Gasteiger partial charge in [-0.2, -0.15) is 26.3 Å². The van der Waals surface area contributed by atoms with E-state index in [1.807, 2.05) is 0 Å². The van der Waals surface area contributed by atoms with Gasteiger partial charge in [0.05, 0.1) is 5.56 Å².